The van der Waals surface area contributed by atoms with Crippen LogP contribution in [-0.2, 0) is 14.8 Å². The van der Waals surface area contributed by atoms with Gasteiger partial charge < -0.3 is 14.6 Å². The Morgan fingerprint density at radius 2 is 2.00 bits per heavy atom. The molecule has 0 aliphatic carbocycles. The third-order valence-electron chi connectivity index (χ3n) is 3.20. The minimum Gasteiger partial charge on any atom is -0.444 e. The molecule has 0 spiro atoms. The molecule has 8 nitrogen and oxygen atoms in total. The summed E-state index contributed by atoms with van der Waals surface area (Å²) >= 11 is 0. The second-order valence-electron chi connectivity index (χ2n) is 6.14. The van der Waals surface area contributed by atoms with Crippen LogP contribution in [-0.4, -0.2) is 65.5 Å². The Balaban J connectivity index is 2.03. The zero-order valence-corrected chi connectivity index (χ0v) is 13.9. The van der Waals surface area contributed by atoms with Gasteiger partial charge in [-0.15, -0.1) is 0 Å². The zero-order valence-electron chi connectivity index (χ0n) is 13.1. The molecule has 1 aliphatic rings. The average molecular weight is 330 g/mol. The Morgan fingerprint density at radius 1 is 1.27 bits per heavy atom. The number of nitrogens with one attached hydrogen (secondary N) is 1. The van der Waals surface area contributed by atoms with Crippen LogP contribution in [0.15, 0.2) is 17.6 Å². The fourth-order valence-electron chi connectivity index (χ4n) is 2.17. The van der Waals surface area contributed by atoms with Crippen molar-refractivity contribution in [1.82, 2.24) is 19.2 Å². The smallest absolute Gasteiger partial charge is 0.410 e. The van der Waals surface area contributed by atoms with Crippen molar-refractivity contribution in [2.24, 2.45) is 0 Å². The topological polar surface area (TPSA) is 95.6 Å². The van der Waals surface area contributed by atoms with E-state index in [1.807, 2.05) is 0 Å². The molecule has 1 amide bonds. The van der Waals surface area contributed by atoms with E-state index in [4.69, 9.17) is 4.74 Å². The Labute approximate surface area is 130 Å². The molecule has 0 aromatic carbocycles. The lowest BCUT2D eigenvalue weighted by Crippen LogP contribution is -2.40. The first-order valence-electron chi connectivity index (χ1n) is 7.16. The minimum absolute atomic E-state index is 0.0678. The van der Waals surface area contributed by atoms with Crippen LogP contribution in [0.3, 0.4) is 0 Å². The van der Waals surface area contributed by atoms with Gasteiger partial charge in [-0.3, -0.25) is 0 Å². The summed E-state index contributed by atoms with van der Waals surface area (Å²) in [6.45, 7) is 6.79. The van der Waals surface area contributed by atoms with Crippen molar-refractivity contribution in [1.29, 1.82) is 0 Å². The summed E-state index contributed by atoms with van der Waals surface area (Å²) < 4.78 is 31.5. The Hall–Kier alpha value is -1.61. The molecule has 0 saturated carbocycles. The van der Waals surface area contributed by atoms with Crippen molar-refractivity contribution >= 4 is 16.1 Å². The van der Waals surface area contributed by atoms with Crippen molar-refractivity contribution in [2.45, 2.75) is 37.8 Å². The van der Waals surface area contributed by atoms with E-state index in [9.17, 15) is 13.2 Å². The average Bonchev–Trinajstić information content (AvgIpc) is 2.81. The van der Waals surface area contributed by atoms with E-state index in [1.165, 1.54) is 16.8 Å². The highest BCUT2D eigenvalue weighted by Gasteiger charge is 2.30. The van der Waals surface area contributed by atoms with E-state index < -0.39 is 21.7 Å². The van der Waals surface area contributed by atoms with Gasteiger partial charge in [0.1, 0.15) is 5.60 Å². The van der Waals surface area contributed by atoms with Gasteiger partial charge in [0.05, 0.1) is 12.5 Å². The maximum absolute atomic E-state index is 12.4. The van der Waals surface area contributed by atoms with Crippen LogP contribution < -0.4 is 0 Å². The van der Waals surface area contributed by atoms with Gasteiger partial charge in [-0.05, 0) is 27.2 Å². The number of rotatable bonds is 2. The third kappa shape index (κ3) is 3.98. The SMILES string of the molecule is CC(C)(C)OC(=O)N1CCCN(S(=O)(=O)c2cnc[nH]2)CC1. The summed E-state index contributed by atoms with van der Waals surface area (Å²) in [6.07, 6.45) is 2.77. The highest BCUT2D eigenvalue weighted by molar-refractivity contribution is 7.89. The predicted octanol–water partition coefficient (Wildman–Crippen LogP) is 1.04. The quantitative estimate of drug-likeness (QED) is 0.874. The minimum atomic E-state index is -3.59. The summed E-state index contributed by atoms with van der Waals surface area (Å²) in [7, 11) is -3.59. The molecule has 1 fully saturated rings. The number of imidazole rings is 1. The Kier molecular flexibility index (Phi) is 4.76. The molecule has 9 heteroatoms. The lowest BCUT2D eigenvalue weighted by atomic mass is 10.2. The maximum Gasteiger partial charge on any atom is 0.410 e. The number of aromatic amines is 1. The van der Waals surface area contributed by atoms with Gasteiger partial charge in [-0.25, -0.2) is 18.2 Å². The number of hydrogen-bond acceptors (Lipinski definition) is 5. The van der Waals surface area contributed by atoms with Crippen LogP contribution in [0.25, 0.3) is 0 Å². The molecule has 1 saturated heterocycles. The molecule has 1 aromatic rings. The molecule has 0 unspecified atom stereocenters. The number of nitrogens with zero attached hydrogens (tertiary/aromatic N) is 3. The largest absolute Gasteiger partial charge is 0.444 e. The summed E-state index contributed by atoms with van der Waals surface area (Å²) in [5.74, 6) is 0. The first kappa shape index (κ1) is 16.8. The normalized spacial score (nSPS) is 18.0. The van der Waals surface area contributed by atoms with Gasteiger partial charge in [0.25, 0.3) is 10.0 Å². The predicted molar refractivity (Wildman–Crippen MR) is 79.8 cm³/mol. The van der Waals surface area contributed by atoms with E-state index in [0.29, 0.717) is 26.1 Å². The lowest BCUT2D eigenvalue weighted by Gasteiger charge is -2.26. The first-order valence-corrected chi connectivity index (χ1v) is 8.60. The maximum atomic E-state index is 12.4. The molecule has 1 N–H and O–H groups in total. The number of hydrogen-bond donors (Lipinski definition) is 1. The molecule has 0 radical (unpaired) electrons. The van der Waals surface area contributed by atoms with Crippen LogP contribution in [0, 0.1) is 0 Å². The van der Waals surface area contributed by atoms with Crippen molar-refractivity contribution in [3.63, 3.8) is 0 Å². The second kappa shape index (κ2) is 6.25. The molecular formula is C13H22N4O4S. The zero-order chi connectivity index (χ0) is 16.4. The highest BCUT2D eigenvalue weighted by atomic mass is 32.2. The molecule has 1 aliphatic heterocycles. The Morgan fingerprint density at radius 3 is 2.59 bits per heavy atom. The molecule has 22 heavy (non-hydrogen) atoms. The molecule has 0 atom stereocenters. The van der Waals surface area contributed by atoms with Gasteiger partial charge in [0, 0.05) is 26.2 Å². The van der Waals surface area contributed by atoms with Gasteiger partial charge >= 0.3 is 6.09 Å². The summed E-state index contributed by atoms with van der Waals surface area (Å²) in [5, 5.41) is 0.0678. The van der Waals surface area contributed by atoms with E-state index in [-0.39, 0.29) is 11.6 Å². The summed E-state index contributed by atoms with van der Waals surface area (Å²) in [4.78, 5) is 20.0. The standard InChI is InChI=1S/C13H22N4O4S/c1-13(2,3)21-12(18)16-5-4-6-17(8-7-16)22(19,20)11-9-14-10-15-11/h9-10H,4-8H2,1-3H3,(H,14,15). The lowest BCUT2D eigenvalue weighted by molar-refractivity contribution is 0.0260. The van der Waals surface area contributed by atoms with Crippen LogP contribution >= 0.6 is 0 Å². The van der Waals surface area contributed by atoms with Crippen LogP contribution in [0.4, 0.5) is 4.79 Å². The summed E-state index contributed by atoms with van der Waals surface area (Å²) in [5.41, 5.74) is -0.564. The van der Waals surface area contributed by atoms with Crippen LogP contribution in [0.1, 0.15) is 27.2 Å². The van der Waals surface area contributed by atoms with Gasteiger partial charge in [0.15, 0.2) is 5.03 Å². The van der Waals surface area contributed by atoms with Crippen molar-refractivity contribution < 1.29 is 17.9 Å². The molecular weight excluding hydrogens is 308 g/mol. The fraction of sp³-hybridized carbons (Fsp3) is 0.692. The number of carbonyl (C=O) groups excluding carboxylic acids is 1. The molecule has 2 rings (SSSR count). The van der Waals surface area contributed by atoms with Gasteiger partial charge in [-0.2, -0.15) is 4.31 Å². The van der Waals surface area contributed by atoms with Crippen LogP contribution in [0.2, 0.25) is 0 Å². The molecule has 124 valence electrons. The van der Waals surface area contributed by atoms with Crippen molar-refractivity contribution in [3.05, 3.63) is 12.5 Å². The second-order valence-corrected chi connectivity index (χ2v) is 8.05. The van der Waals surface area contributed by atoms with E-state index in [0.717, 1.165) is 0 Å². The van der Waals surface area contributed by atoms with Gasteiger partial charge in [0.2, 0.25) is 0 Å². The third-order valence-corrected chi connectivity index (χ3v) is 5.02. The van der Waals surface area contributed by atoms with E-state index in [1.54, 1.807) is 25.7 Å². The van der Waals surface area contributed by atoms with Crippen molar-refractivity contribution in [2.75, 3.05) is 26.2 Å². The number of sulfonamides is 1. The highest BCUT2D eigenvalue weighted by Crippen LogP contribution is 2.17. The van der Waals surface area contributed by atoms with Gasteiger partial charge in [-0.1, -0.05) is 0 Å². The Bertz CT molecular complexity index is 606. The molecule has 1 aromatic heterocycles. The first-order chi connectivity index (χ1) is 10.2. The fourth-order valence-corrected chi connectivity index (χ4v) is 3.53. The molecule has 0 bridgehead atoms. The number of amides is 1. The van der Waals surface area contributed by atoms with E-state index in [2.05, 4.69) is 9.97 Å². The van der Waals surface area contributed by atoms with Crippen molar-refractivity contribution in [3.8, 4) is 0 Å². The monoisotopic (exact) mass is 330 g/mol. The molecule has 2 heterocycles. The van der Waals surface area contributed by atoms with E-state index >= 15 is 0 Å². The number of carbonyl (C=O) groups is 1. The number of ether oxygens (including phenoxy) is 1. The van der Waals surface area contributed by atoms with Crippen LogP contribution in [0.5, 0.6) is 0 Å². The summed E-state index contributed by atoms with van der Waals surface area (Å²) in [6, 6.07) is 0. The number of H-pyrrole nitrogens is 1. The number of aromatic nitrogens is 2.